The molecule has 0 aliphatic heterocycles. The van der Waals surface area contributed by atoms with Gasteiger partial charge in [0.05, 0.1) is 0 Å². The second-order valence-corrected chi connectivity index (χ2v) is 5.64. The summed E-state index contributed by atoms with van der Waals surface area (Å²) in [5, 5.41) is 4.22. The van der Waals surface area contributed by atoms with Crippen LogP contribution in [0.1, 0.15) is 32.6 Å². The third-order valence-electron chi connectivity index (χ3n) is 3.67. The maximum absolute atomic E-state index is 13.0. The summed E-state index contributed by atoms with van der Waals surface area (Å²) in [5.74, 6) is -0.967. The number of rotatable bonds is 4. The molecule has 0 aromatic heterocycles. The molecular weight excluding hydrogens is 287 g/mol. The van der Waals surface area contributed by atoms with Crippen molar-refractivity contribution in [2.24, 2.45) is 5.92 Å². The molecule has 0 aromatic carbocycles. The van der Waals surface area contributed by atoms with Gasteiger partial charge in [0.15, 0.2) is 0 Å². The van der Waals surface area contributed by atoms with Gasteiger partial charge in [-0.15, -0.1) is 0 Å². The van der Waals surface area contributed by atoms with E-state index in [9.17, 15) is 22.8 Å². The van der Waals surface area contributed by atoms with Crippen LogP contribution in [0, 0.1) is 5.92 Å². The highest BCUT2D eigenvalue weighted by Crippen LogP contribution is 2.35. The Morgan fingerprint density at radius 2 is 1.67 bits per heavy atom. The van der Waals surface area contributed by atoms with Crippen molar-refractivity contribution in [3.63, 3.8) is 0 Å². The van der Waals surface area contributed by atoms with E-state index in [2.05, 4.69) is 5.32 Å². The normalized spacial score (nSPS) is 19.0. The standard InChI is InChI=1S/C13H22F3N3O2/c1-8(11(20)19(2)3)17-12(21)18-10(13(14,15)16)9-6-4-5-7-9/h8-10H,4-7H2,1-3H3,(H2,17,18,21)/t8-,10+/m0/s1. The summed E-state index contributed by atoms with van der Waals surface area (Å²) in [6.45, 7) is 1.43. The van der Waals surface area contributed by atoms with Gasteiger partial charge in [-0.2, -0.15) is 13.2 Å². The van der Waals surface area contributed by atoms with Gasteiger partial charge in [0.2, 0.25) is 5.91 Å². The number of carbonyl (C=O) groups excluding carboxylic acids is 2. The molecule has 2 N–H and O–H groups in total. The summed E-state index contributed by atoms with van der Waals surface area (Å²) < 4.78 is 39.1. The molecule has 5 nitrogen and oxygen atoms in total. The lowest BCUT2D eigenvalue weighted by Crippen LogP contribution is -2.55. The van der Waals surface area contributed by atoms with Gasteiger partial charge >= 0.3 is 12.2 Å². The SMILES string of the molecule is C[C@H](NC(=O)N[C@H](C1CCCC1)C(F)(F)F)C(=O)N(C)C. The van der Waals surface area contributed by atoms with Gasteiger partial charge in [-0.3, -0.25) is 4.79 Å². The van der Waals surface area contributed by atoms with Crippen molar-refractivity contribution in [2.75, 3.05) is 14.1 Å². The van der Waals surface area contributed by atoms with Crippen LogP contribution in [0.2, 0.25) is 0 Å². The molecule has 0 spiro atoms. The fraction of sp³-hybridized carbons (Fsp3) is 0.846. The number of halogens is 3. The van der Waals surface area contributed by atoms with E-state index in [4.69, 9.17) is 0 Å². The number of urea groups is 1. The number of nitrogens with zero attached hydrogens (tertiary/aromatic N) is 1. The third kappa shape index (κ3) is 5.09. The van der Waals surface area contributed by atoms with Crippen molar-refractivity contribution in [3.8, 4) is 0 Å². The highest BCUT2D eigenvalue weighted by Gasteiger charge is 2.46. The van der Waals surface area contributed by atoms with Crippen LogP contribution in [-0.2, 0) is 4.79 Å². The number of amides is 3. The molecule has 21 heavy (non-hydrogen) atoms. The van der Waals surface area contributed by atoms with E-state index in [1.165, 1.54) is 25.9 Å². The van der Waals surface area contributed by atoms with Gasteiger partial charge < -0.3 is 15.5 Å². The maximum Gasteiger partial charge on any atom is 0.408 e. The van der Waals surface area contributed by atoms with Crippen LogP contribution < -0.4 is 10.6 Å². The average Bonchev–Trinajstić information content (AvgIpc) is 2.86. The summed E-state index contributed by atoms with van der Waals surface area (Å²) in [4.78, 5) is 24.5. The van der Waals surface area contributed by atoms with Crippen molar-refractivity contribution >= 4 is 11.9 Å². The Morgan fingerprint density at radius 1 is 1.14 bits per heavy atom. The van der Waals surface area contributed by atoms with E-state index in [1.807, 2.05) is 5.32 Å². The Hall–Kier alpha value is -1.47. The van der Waals surface area contributed by atoms with Gasteiger partial charge in [0, 0.05) is 14.1 Å². The second kappa shape index (κ2) is 7.00. The molecule has 0 saturated heterocycles. The summed E-state index contributed by atoms with van der Waals surface area (Å²) in [6.07, 6.45) is -2.08. The molecule has 1 aliphatic rings. The van der Waals surface area contributed by atoms with Crippen molar-refractivity contribution in [2.45, 2.75) is 50.9 Å². The molecule has 0 aromatic rings. The monoisotopic (exact) mass is 309 g/mol. The summed E-state index contributed by atoms with van der Waals surface area (Å²) >= 11 is 0. The molecule has 2 atom stereocenters. The predicted molar refractivity (Wildman–Crippen MR) is 71.6 cm³/mol. The lowest BCUT2D eigenvalue weighted by atomic mass is 9.98. The summed E-state index contributed by atoms with van der Waals surface area (Å²) in [7, 11) is 3.02. The minimum Gasteiger partial charge on any atom is -0.347 e. The number of alkyl halides is 3. The summed E-state index contributed by atoms with van der Waals surface area (Å²) in [6, 6.07) is -3.70. The number of carbonyl (C=O) groups is 2. The van der Waals surface area contributed by atoms with Crippen LogP contribution in [0.3, 0.4) is 0 Å². The van der Waals surface area contributed by atoms with Gasteiger partial charge in [0.25, 0.3) is 0 Å². The Morgan fingerprint density at radius 3 is 2.10 bits per heavy atom. The van der Waals surface area contributed by atoms with Crippen LogP contribution in [0.5, 0.6) is 0 Å². The first-order valence-electron chi connectivity index (χ1n) is 6.98. The van der Waals surface area contributed by atoms with Gasteiger partial charge in [-0.1, -0.05) is 12.8 Å². The first-order chi connectivity index (χ1) is 9.62. The van der Waals surface area contributed by atoms with Gasteiger partial charge in [-0.05, 0) is 25.7 Å². The lowest BCUT2D eigenvalue weighted by molar-refractivity contribution is -0.164. The van der Waals surface area contributed by atoms with E-state index in [0.29, 0.717) is 12.8 Å². The van der Waals surface area contributed by atoms with E-state index in [0.717, 1.165) is 12.8 Å². The first-order valence-corrected chi connectivity index (χ1v) is 6.98. The molecule has 122 valence electrons. The predicted octanol–water partition coefficient (Wildman–Crippen LogP) is 1.88. The molecule has 0 bridgehead atoms. The van der Waals surface area contributed by atoms with Crippen molar-refractivity contribution in [3.05, 3.63) is 0 Å². The smallest absolute Gasteiger partial charge is 0.347 e. The zero-order chi connectivity index (χ0) is 16.2. The highest BCUT2D eigenvalue weighted by atomic mass is 19.4. The fourth-order valence-corrected chi connectivity index (χ4v) is 2.59. The minimum absolute atomic E-state index is 0.380. The molecule has 0 radical (unpaired) electrons. The van der Waals surface area contributed by atoms with Crippen LogP contribution in [0.4, 0.5) is 18.0 Å². The molecule has 1 fully saturated rings. The first kappa shape index (κ1) is 17.6. The average molecular weight is 309 g/mol. The fourth-order valence-electron chi connectivity index (χ4n) is 2.59. The van der Waals surface area contributed by atoms with E-state index in [-0.39, 0.29) is 5.91 Å². The molecule has 1 rings (SSSR count). The van der Waals surface area contributed by atoms with Crippen molar-refractivity contribution in [1.29, 1.82) is 0 Å². The van der Waals surface area contributed by atoms with Crippen molar-refractivity contribution in [1.82, 2.24) is 15.5 Å². The Labute approximate surface area is 122 Å². The minimum atomic E-state index is -4.48. The van der Waals surface area contributed by atoms with E-state index >= 15 is 0 Å². The van der Waals surface area contributed by atoms with Gasteiger partial charge in [0.1, 0.15) is 12.1 Å². The Balaban J connectivity index is 2.62. The number of nitrogens with one attached hydrogen (secondary N) is 2. The van der Waals surface area contributed by atoms with Gasteiger partial charge in [-0.25, -0.2) is 4.79 Å². The lowest BCUT2D eigenvalue weighted by Gasteiger charge is -2.28. The molecular formula is C13H22F3N3O2. The molecule has 0 heterocycles. The van der Waals surface area contributed by atoms with Crippen LogP contribution in [0.25, 0.3) is 0 Å². The molecule has 1 saturated carbocycles. The van der Waals surface area contributed by atoms with Crippen molar-refractivity contribution < 1.29 is 22.8 Å². The topological polar surface area (TPSA) is 61.4 Å². The molecule has 0 unspecified atom stereocenters. The van der Waals surface area contributed by atoms with E-state index < -0.39 is 30.2 Å². The number of hydrogen-bond acceptors (Lipinski definition) is 2. The second-order valence-electron chi connectivity index (χ2n) is 5.64. The van der Waals surface area contributed by atoms with Crippen LogP contribution in [0.15, 0.2) is 0 Å². The van der Waals surface area contributed by atoms with E-state index in [1.54, 1.807) is 0 Å². The molecule has 8 heteroatoms. The largest absolute Gasteiger partial charge is 0.408 e. The Kier molecular flexibility index (Phi) is 5.86. The highest BCUT2D eigenvalue weighted by molar-refractivity contribution is 5.86. The Bertz CT molecular complexity index is 379. The zero-order valence-corrected chi connectivity index (χ0v) is 12.5. The number of hydrogen-bond donors (Lipinski definition) is 2. The quantitative estimate of drug-likeness (QED) is 0.833. The zero-order valence-electron chi connectivity index (χ0n) is 12.5. The summed E-state index contributed by atoms with van der Waals surface area (Å²) in [5.41, 5.74) is 0. The third-order valence-corrected chi connectivity index (χ3v) is 3.67. The maximum atomic E-state index is 13.0. The molecule has 3 amide bonds. The molecule has 1 aliphatic carbocycles. The van der Waals surface area contributed by atoms with Crippen LogP contribution in [-0.4, -0.2) is 49.2 Å². The van der Waals surface area contributed by atoms with Crippen LogP contribution >= 0.6 is 0 Å². The number of likely N-dealkylation sites (N-methyl/N-ethyl adjacent to an activating group) is 1.